The number of nitrogens with zero attached hydrogens (tertiary/aromatic N) is 7. The first kappa shape index (κ1) is 41.1. The minimum atomic E-state index is 0.380. The lowest BCUT2D eigenvalue weighted by atomic mass is 10.0. The maximum atomic E-state index is 11.8. The molecule has 0 aliphatic carbocycles. The van der Waals surface area contributed by atoms with Gasteiger partial charge in [-0.1, -0.05) is 158 Å². The molecule has 0 radical (unpaired) electrons. The lowest BCUT2D eigenvalue weighted by molar-refractivity contribution is 1.04. The highest BCUT2D eigenvalue weighted by molar-refractivity contribution is 6.28. The van der Waals surface area contributed by atoms with E-state index in [0.29, 0.717) is 22.5 Å². The predicted octanol–water partition coefficient (Wildman–Crippen LogP) is 16.9. The van der Waals surface area contributed by atoms with Gasteiger partial charge >= 0.3 is 0 Å². The zero-order chi connectivity index (χ0) is 49.5. The van der Waals surface area contributed by atoms with Gasteiger partial charge in [0.05, 0.1) is 83.4 Å². The smallest absolute Gasteiger partial charge is 0.101 e. The summed E-state index contributed by atoms with van der Waals surface area (Å²) < 4.78 is 11.7. The fourth-order valence-electron chi connectivity index (χ4n) is 12.8. The van der Waals surface area contributed by atoms with E-state index in [4.69, 9.17) is 0 Å². The number of para-hydroxylation sites is 8. The molecule has 0 atom stereocenters. The molecule has 11 aromatic carbocycles. The molecule has 0 saturated heterocycles. The number of benzene rings is 11. The van der Waals surface area contributed by atoms with Gasteiger partial charge in [-0.15, -0.1) is 0 Å². The lowest BCUT2D eigenvalue weighted by Gasteiger charge is -2.24. The highest BCUT2D eigenvalue weighted by Crippen LogP contribution is 2.49. The first-order valence-corrected chi connectivity index (χ1v) is 25.2. The Morgan fingerprint density at radius 2 is 0.533 bits per heavy atom. The van der Waals surface area contributed by atoms with Crippen molar-refractivity contribution in [1.29, 1.82) is 10.5 Å². The quantitative estimate of drug-likeness (QED) is 0.172. The second-order valence-electron chi connectivity index (χ2n) is 19.4. The van der Waals surface area contributed by atoms with E-state index in [1.54, 1.807) is 0 Å². The van der Waals surface area contributed by atoms with Crippen LogP contribution in [0, 0.1) is 22.7 Å². The first-order chi connectivity index (χ1) is 37.2. The van der Waals surface area contributed by atoms with Crippen molar-refractivity contribution in [2.45, 2.75) is 0 Å². The summed E-state index contributed by atoms with van der Waals surface area (Å²) in [4.78, 5) is 0. The molecule has 0 N–H and O–H groups in total. The van der Waals surface area contributed by atoms with Gasteiger partial charge in [-0.3, -0.25) is 0 Å². The lowest BCUT2D eigenvalue weighted by Crippen LogP contribution is -2.13. The molecule has 0 fully saturated rings. The van der Waals surface area contributed by atoms with Crippen LogP contribution < -0.4 is 0 Å². The molecule has 0 unspecified atom stereocenters. The van der Waals surface area contributed by atoms with Crippen molar-refractivity contribution >= 4 is 109 Å². The standard InChI is InChI=1S/C68H39N7/c69-40-42-39-43(41-70)65(75-59-34-18-12-28-53(59)63-61(75)38-36-51-49-26-10-14-30-55(49)72(67(51)63)45-21-5-2-6-22-45)68(73-56-31-15-7-23-46(56)47-24-8-16-32-57(47)73)64(42)74-58-33-17-11-27-52(58)62-60(74)37-35-50-48-25-9-13-29-54(48)71(66(50)62)44-19-3-1-4-20-44/h1-39H. The van der Waals surface area contributed by atoms with Crippen LogP contribution >= 0.6 is 0 Å². The molecule has 5 heterocycles. The highest BCUT2D eigenvalue weighted by atomic mass is 15.1. The van der Waals surface area contributed by atoms with Gasteiger partial charge in [0.15, 0.2) is 0 Å². The van der Waals surface area contributed by atoms with Crippen molar-refractivity contribution in [1.82, 2.24) is 22.8 Å². The van der Waals surface area contributed by atoms with Crippen LogP contribution in [0.5, 0.6) is 0 Å². The Hall–Kier alpha value is -10.6. The Kier molecular flexibility index (Phi) is 8.46. The molecule has 16 rings (SSSR count). The fraction of sp³-hybridized carbons (Fsp3) is 0. The summed E-state index contributed by atoms with van der Waals surface area (Å²) in [5, 5.41) is 34.5. The van der Waals surface area contributed by atoms with Gasteiger partial charge in [-0.2, -0.15) is 10.5 Å². The second-order valence-corrected chi connectivity index (χ2v) is 19.4. The van der Waals surface area contributed by atoms with Gasteiger partial charge < -0.3 is 22.8 Å². The van der Waals surface area contributed by atoms with E-state index in [-0.39, 0.29) is 0 Å². The number of hydrogen-bond acceptors (Lipinski definition) is 2. The van der Waals surface area contributed by atoms with Crippen LogP contribution in [0.25, 0.3) is 137 Å². The van der Waals surface area contributed by atoms with Crippen LogP contribution in [0.3, 0.4) is 0 Å². The average molecular weight is 954 g/mol. The normalized spacial score (nSPS) is 12.0. The molecular formula is C68H39N7. The fourth-order valence-corrected chi connectivity index (χ4v) is 12.8. The number of rotatable bonds is 5. The topological polar surface area (TPSA) is 72.2 Å². The Labute approximate surface area is 428 Å². The third kappa shape index (κ3) is 5.45. The van der Waals surface area contributed by atoms with Crippen molar-refractivity contribution in [3.05, 3.63) is 248 Å². The molecule has 0 spiro atoms. The molecule has 0 bridgehead atoms. The van der Waals surface area contributed by atoms with Crippen LogP contribution in [0.2, 0.25) is 0 Å². The number of hydrogen-bond donors (Lipinski definition) is 0. The van der Waals surface area contributed by atoms with Gasteiger partial charge in [0.2, 0.25) is 0 Å². The van der Waals surface area contributed by atoms with Crippen LogP contribution in [0.15, 0.2) is 237 Å². The summed E-state index contributed by atoms with van der Waals surface area (Å²) in [6, 6.07) is 88.7. The van der Waals surface area contributed by atoms with E-state index in [1.807, 2.05) is 6.07 Å². The van der Waals surface area contributed by atoms with Crippen molar-refractivity contribution < 1.29 is 0 Å². The molecule has 16 aromatic rings. The Bertz CT molecular complexity index is 4880. The third-order valence-electron chi connectivity index (χ3n) is 15.7. The summed E-state index contributed by atoms with van der Waals surface area (Å²) in [5.74, 6) is 0. The zero-order valence-electron chi connectivity index (χ0n) is 40.1. The van der Waals surface area contributed by atoms with Crippen LogP contribution in [-0.2, 0) is 0 Å². The van der Waals surface area contributed by atoms with E-state index in [9.17, 15) is 10.5 Å². The number of aromatic nitrogens is 5. The first-order valence-electron chi connectivity index (χ1n) is 25.2. The molecule has 0 saturated carbocycles. The predicted molar refractivity (Wildman–Crippen MR) is 308 cm³/mol. The van der Waals surface area contributed by atoms with Gasteiger partial charge in [0.25, 0.3) is 0 Å². The monoisotopic (exact) mass is 953 g/mol. The number of fused-ring (bicyclic) bond motifs is 17. The van der Waals surface area contributed by atoms with E-state index in [2.05, 4.69) is 265 Å². The van der Waals surface area contributed by atoms with Gasteiger partial charge in [0, 0.05) is 65.2 Å². The van der Waals surface area contributed by atoms with E-state index >= 15 is 0 Å². The van der Waals surface area contributed by atoms with Crippen LogP contribution in [-0.4, -0.2) is 22.8 Å². The summed E-state index contributed by atoms with van der Waals surface area (Å²) in [7, 11) is 0. The Balaban J connectivity index is 1.15. The number of nitriles is 2. The molecular weight excluding hydrogens is 915 g/mol. The van der Waals surface area contributed by atoms with E-state index < -0.39 is 0 Å². The molecule has 75 heavy (non-hydrogen) atoms. The molecule has 5 aromatic heterocycles. The summed E-state index contributed by atoms with van der Waals surface area (Å²) in [6.07, 6.45) is 0. The van der Waals surface area contributed by atoms with Gasteiger partial charge in [0.1, 0.15) is 12.1 Å². The summed E-state index contributed by atoms with van der Waals surface area (Å²) in [6.45, 7) is 0. The van der Waals surface area contributed by atoms with Crippen molar-refractivity contribution in [2.75, 3.05) is 0 Å². The van der Waals surface area contributed by atoms with Gasteiger partial charge in [-0.05, 0) is 78.9 Å². The largest absolute Gasteiger partial charge is 0.309 e. The molecule has 0 amide bonds. The summed E-state index contributed by atoms with van der Waals surface area (Å²) in [5.41, 5.74) is 15.0. The maximum Gasteiger partial charge on any atom is 0.101 e. The molecule has 7 nitrogen and oxygen atoms in total. The molecule has 0 aliphatic rings. The SMILES string of the molecule is N#Cc1cc(C#N)c(-n2c3ccccc3c3c2ccc2c4ccccc4n(-c4ccccc4)c23)c(-n2c3ccccc3c3ccccc32)c1-n1c2ccccc2c2c1ccc1c3ccccc3n(-c3ccccc3)c12. The zero-order valence-corrected chi connectivity index (χ0v) is 40.1. The van der Waals surface area contributed by atoms with Crippen molar-refractivity contribution in [3.63, 3.8) is 0 Å². The molecule has 7 heteroatoms. The van der Waals surface area contributed by atoms with Crippen molar-refractivity contribution in [3.8, 4) is 40.6 Å². The highest BCUT2D eigenvalue weighted by Gasteiger charge is 2.31. The van der Waals surface area contributed by atoms with Crippen LogP contribution in [0.4, 0.5) is 0 Å². The second kappa shape index (κ2) is 15.5. The van der Waals surface area contributed by atoms with E-state index in [0.717, 1.165) is 126 Å². The molecule has 0 aliphatic heterocycles. The van der Waals surface area contributed by atoms with Crippen LogP contribution in [0.1, 0.15) is 11.1 Å². The minimum absolute atomic E-state index is 0.380. The van der Waals surface area contributed by atoms with Gasteiger partial charge in [-0.25, -0.2) is 0 Å². The van der Waals surface area contributed by atoms with Crippen molar-refractivity contribution in [2.24, 2.45) is 0 Å². The Morgan fingerprint density at radius 3 is 0.907 bits per heavy atom. The Morgan fingerprint density at radius 1 is 0.240 bits per heavy atom. The molecule has 346 valence electrons. The third-order valence-corrected chi connectivity index (χ3v) is 15.7. The maximum absolute atomic E-state index is 11.8. The van der Waals surface area contributed by atoms with E-state index in [1.165, 1.54) is 0 Å². The summed E-state index contributed by atoms with van der Waals surface area (Å²) >= 11 is 0. The average Bonchev–Trinajstić information content (AvgIpc) is 4.28. The minimum Gasteiger partial charge on any atom is -0.309 e.